The second kappa shape index (κ2) is 5.68. The summed E-state index contributed by atoms with van der Waals surface area (Å²) in [7, 11) is 1.65. The number of rotatable bonds is 3. The van der Waals surface area contributed by atoms with Gasteiger partial charge in [0.05, 0.1) is 7.11 Å². The lowest BCUT2D eigenvalue weighted by Crippen LogP contribution is -2.31. The van der Waals surface area contributed by atoms with Crippen LogP contribution < -0.4 is 10.1 Å². The van der Waals surface area contributed by atoms with Crippen molar-refractivity contribution in [3.63, 3.8) is 0 Å². The predicted octanol–water partition coefficient (Wildman–Crippen LogP) is 1.02. The molecule has 1 aliphatic heterocycles. The molecule has 1 saturated heterocycles. The third-order valence-electron chi connectivity index (χ3n) is 2.93. The van der Waals surface area contributed by atoms with Crippen LogP contribution in [0.5, 0.6) is 5.75 Å². The minimum absolute atomic E-state index is 0.220. The number of amides is 1. The molecule has 0 atom stereocenters. The van der Waals surface area contributed by atoms with Gasteiger partial charge in [-0.3, -0.25) is 4.79 Å². The third kappa shape index (κ3) is 3.20. The molecule has 2 rings (SSSR count). The van der Waals surface area contributed by atoms with Crippen LogP contribution in [-0.4, -0.2) is 37.6 Å². The first-order chi connectivity index (χ1) is 8.29. The highest BCUT2D eigenvalue weighted by Crippen LogP contribution is 2.15. The van der Waals surface area contributed by atoms with E-state index < -0.39 is 0 Å². The number of carbonyl (C=O) groups is 1. The smallest absolute Gasteiger partial charge is 0.224 e. The molecule has 0 bridgehead atoms. The van der Waals surface area contributed by atoms with Crippen molar-refractivity contribution in [2.75, 3.05) is 26.7 Å². The van der Waals surface area contributed by atoms with Crippen molar-refractivity contribution in [3.8, 4) is 5.75 Å². The summed E-state index contributed by atoms with van der Waals surface area (Å²) in [5.74, 6) is 1.06. The molecule has 1 N–H and O–H groups in total. The quantitative estimate of drug-likeness (QED) is 0.849. The topological polar surface area (TPSA) is 41.6 Å². The Morgan fingerprint density at radius 2 is 2.29 bits per heavy atom. The Bertz CT molecular complexity index is 393. The van der Waals surface area contributed by atoms with E-state index in [1.165, 1.54) is 0 Å². The summed E-state index contributed by atoms with van der Waals surface area (Å²) < 4.78 is 5.18. The zero-order valence-corrected chi connectivity index (χ0v) is 10.1. The lowest BCUT2D eigenvalue weighted by molar-refractivity contribution is -0.130. The number of benzene rings is 1. The number of nitrogens with one attached hydrogen (secondary N) is 1. The van der Waals surface area contributed by atoms with E-state index in [2.05, 4.69) is 5.32 Å². The number of hydrogen-bond acceptors (Lipinski definition) is 3. The highest BCUT2D eigenvalue weighted by molar-refractivity contribution is 5.76. The van der Waals surface area contributed by atoms with Crippen LogP contribution in [0.3, 0.4) is 0 Å². The van der Waals surface area contributed by atoms with Gasteiger partial charge in [0, 0.05) is 32.6 Å². The summed E-state index contributed by atoms with van der Waals surface area (Å²) in [6, 6.07) is 7.86. The first kappa shape index (κ1) is 11.9. The molecule has 1 aliphatic rings. The van der Waals surface area contributed by atoms with E-state index in [0.717, 1.165) is 30.9 Å². The first-order valence-electron chi connectivity index (χ1n) is 5.91. The van der Waals surface area contributed by atoms with Gasteiger partial charge >= 0.3 is 0 Å². The summed E-state index contributed by atoms with van der Waals surface area (Å²) in [4.78, 5) is 13.7. The Hall–Kier alpha value is -1.55. The van der Waals surface area contributed by atoms with Gasteiger partial charge in [0.1, 0.15) is 5.75 Å². The fraction of sp³-hybridized carbons (Fsp3) is 0.462. The number of nitrogens with zero attached hydrogens (tertiary/aromatic N) is 1. The van der Waals surface area contributed by atoms with Gasteiger partial charge in [-0.15, -0.1) is 0 Å². The zero-order valence-electron chi connectivity index (χ0n) is 10.1. The van der Waals surface area contributed by atoms with E-state index in [0.29, 0.717) is 13.0 Å². The van der Waals surface area contributed by atoms with E-state index >= 15 is 0 Å². The number of hydrogen-bond donors (Lipinski definition) is 1. The molecule has 1 aromatic rings. The normalized spacial score (nSPS) is 16.8. The Morgan fingerprint density at radius 3 is 3.12 bits per heavy atom. The van der Waals surface area contributed by atoms with Crippen molar-refractivity contribution in [2.24, 2.45) is 0 Å². The van der Waals surface area contributed by atoms with Gasteiger partial charge in [0.2, 0.25) is 5.91 Å². The molecular weight excluding hydrogens is 216 g/mol. The van der Waals surface area contributed by atoms with Crippen LogP contribution in [0.4, 0.5) is 0 Å². The van der Waals surface area contributed by atoms with E-state index in [-0.39, 0.29) is 5.91 Å². The molecule has 1 amide bonds. The maximum Gasteiger partial charge on any atom is 0.224 e. The maximum absolute atomic E-state index is 11.8. The van der Waals surface area contributed by atoms with Gasteiger partial charge in [-0.1, -0.05) is 12.1 Å². The number of ether oxygens (including phenoxy) is 1. The minimum Gasteiger partial charge on any atom is -0.497 e. The molecule has 1 aromatic carbocycles. The Balaban J connectivity index is 2.05. The largest absolute Gasteiger partial charge is 0.497 e. The van der Waals surface area contributed by atoms with Crippen LogP contribution in [0.2, 0.25) is 0 Å². The lowest BCUT2D eigenvalue weighted by atomic mass is 10.2. The highest BCUT2D eigenvalue weighted by Gasteiger charge is 2.16. The number of methoxy groups -OCH3 is 1. The summed E-state index contributed by atoms with van der Waals surface area (Å²) in [5, 5.41) is 3.23. The number of carbonyl (C=O) groups excluding carboxylic acids is 1. The van der Waals surface area contributed by atoms with E-state index in [1.807, 2.05) is 29.2 Å². The molecule has 92 valence electrons. The molecule has 0 spiro atoms. The van der Waals surface area contributed by atoms with E-state index in [4.69, 9.17) is 4.74 Å². The second-order valence-electron chi connectivity index (χ2n) is 4.17. The Morgan fingerprint density at radius 1 is 1.41 bits per heavy atom. The van der Waals surface area contributed by atoms with Crippen LogP contribution in [0, 0.1) is 0 Å². The minimum atomic E-state index is 0.220. The molecule has 4 nitrogen and oxygen atoms in total. The van der Waals surface area contributed by atoms with Crippen molar-refractivity contribution in [1.82, 2.24) is 10.2 Å². The standard InChI is InChI=1S/C13H18N2O2/c1-17-12-4-2-3-11(9-12)10-15-8-7-14-6-5-13(15)16/h2-4,9,14H,5-8,10H2,1H3. The molecule has 1 fully saturated rings. The third-order valence-corrected chi connectivity index (χ3v) is 2.93. The van der Waals surface area contributed by atoms with Crippen molar-refractivity contribution in [1.29, 1.82) is 0 Å². The van der Waals surface area contributed by atoms with Gasteiger partial charge in [-0.2, -0.15) is 0 Å². The molecular formula is C13H18N2O2. The van der Waals surface area contributed by atoms with Crippen LogP contribution in [0.1, 0.15) is 12.0 Å². The van der Waals surface area contributed by atoms with Gasteiger partial charge < -0.3 is 15.0 Å². The first-order valence-corrected chi connectivity index (χ1v) is 5.91. The molecule has 0 saturated carbocycles. The van der Waals surface area contributed by atoms with E-state index in [1.54, 1.807) is 7.11 Å². The van der Waals surface area contributed by atoms with Crippen LogP contribution in [-0.2, 0) is 11.3 Å². The highest BCUT2D eigenvalue weighted by atomic mass is 16.5. The average molecular weight is 234 g/mol. The van der Waals surface area contributed by atoms with Crippen molar-refractivity contribution in [2.45, 2.75) is 13.0 Å². The molecule has 0 aliphatic carbocycles. The van der Waals surface area contributed by atoms with Crippen LogP contribution >= 0.6 is 0 Å². The Labute approximate surface area is 102 Å². The fourth-order valence-electron chi connectivity index (χ4n) is 1.98. The summed E-state index contributed by atoms with van der Waals surface area (Å²) in [5.41, 5.74) is 1.11. The molecule has 0 radical (unpaired) electrons. The molecule has 4 heteroatoms. The maximum atomic E-state index is 11.8. The molecule has 0 unspecified atom stereocenters. The van der Waals surface area contributed by atoms with E-state index in [9.17, 15) is 4.79 Å². The molecule has 1 heterocycles. The Kier molecular flexibility index (Phi) is 3.98. The molecule has 17 heavy (non-hydrogen) atoms. The average Bonchev–Trinajstić information content (AvgIpc) is 2.55. The zero-order chi connectivity index (χ0) is 12.1. The van der Waals surface area contributed by atoms with Crippen molar-refractivity contribution >= 4 is 5.91 Å². The summed E-state index contributed by atoms with van der Waals surface area (Å²) in [6.45, 7) is 3.09. The van der Waals surface area contributed by atoms with Crippen molar-refractivity contribution in [3.05, 3.63) is 29.8 Å². The fourth-order valence-corrected chi connectivity index (χ4v) is 1.98. The van der Waals surface area contributed by atoms with Gasteiger partial charge in [0.25, 0.3) is 0 Å². The summed E-state index contributed by atoms with van der Waals surface area (Å²) >= 11 is 0. The molecule has 0 aromatic heterocycles. The van der Waals surface area contributed by atoms with Crippen LogP contribution in [0.25, 0.3) is 0 Å². The van der Waals surface area contributed by atoms with Gasteiger partial charge in [-0.05, 0) is 17.7 Å². The summed E-state index contributed by atoms with van der Waals surface area (Å²) in [6.07, 6.45) is 0.587. The lowest BCUT2D eigenvalue weighted by Gasteiger charge is -2.20. The second-order valence-corrected chi connectivity index (χ2v) is 4.17. The monoisotopic (exact) mass is 234 g/mol. The SMILES string of the molecule is COc1cccc(CN2CCNCCC2=O)c1. The van der Waals surface area contributed by atoms with Gasteiger partial charge in [-0.25, -0.2) is 0 Å². The van der Waals surface area contributed by atoms with Crippen molar-refractivity contribution < 1.29 is 9.53 Å². The van der Waals surface area contributed by atoms with Crippen LogP contribution in [0.15, 0.2) is 24.3 Å². The van der Waals surface area contributed by atoms with Gasteiger partial charge in [0.15, 0.2) is 0 Å². The predicted molar refractivity (Wildman–Crippen MR) is 65.9 cm³/mol.